The van der Waals surface area contributed by atoms with Crippen LogP contribution in [-0.2, 0) is 0 Å². The first-order valence-electron chi connectivity index (χ1n) is 5.68. The lowest BCUT2D eigenvalue weighted by Crippen LogP contribution is -2.24. The van der Waals surface area contributed by atoms with Gasteiger partial charge in [-0.25, -0.2) is 4.98 Å². The van der Waals surface area contributed by atoms with Gasteiger partial charge in [0.2, 0.25) is 5.95 Å². The van der Waals surface area contributed by atoms with E-state index in [1.807, 2.05) is 31.2 Å². The molecule has 0 atom stereocenters. The fourth-order valence-corrected chi connectivity index (χ4v) is 1.93. The largest absolute Gasteiger partial charge is 0.375 e. The van der Waals surface area contributed by atoms with Gasteiger partial charge < -0.3 is 11.5 Å². The maximum Gasteiger partial charge on any atom is 0.206 e. The average Bonchev–Trinajstić information content (AvgIpc) is 2.65. The standard InChI is InChI=1S/C12H13ClN6S/c1-7-2-4-8(5-3-7)19-9(6-16-18-12(15)20)10(13)17-11(19)14/h2-6H,1H3,(H2,14,17)(H3,15,18,20)/b16-6+. The Morgan fingerprint density at radius 2 is 2.10 bits per heavy atom. The number of nitrogens with two attached hydrogens (primary N) is 2. The summed E-state index contributed by atoms with van der Waals surface area (Å²) in [4.78, 5) is 4.03. The van der Waals surface area contributed by atoms with E-state index in [2.05, 4.69) is 27.7 Å². The number of anilines is 1. The van der Waals surface area contributed by atoms with Gasteiger partial charge in [-0.05, 0) is 31.3 Å². The van der Waals surface area contributed by atoms with Crippen molar-refractivity contribution in [3.05, 3.63) is 40.7 Å². The third-order valence-electron chi connectivity index (χ3n) is 2.55. The van der Waals surface area contributed by atoms with Crippen molar-refractivity contribution in [2.75, 3.05) is 5.73 Å². The van der Waals surface area contributed by atoms with E-state index in [-0.39, 0.29) is 16.2 Å². The first kappa shape index (κ1) is 14.3. The normalized spacial score (nSPS) is 10.9. The third-order valence-corrected chi connectivity index (χ3v) is 2.92. The molecule has 0 unspecified atom stereocenters. The lowest BCUT2D eigenvalue weighted by molar-refractivity contribution is 1.02. The number of hydrazone groups is 1. The van der Waals surface area contributed by atoms with Gasteiger partial charge in [-0.1, -0.05) is 29.3 Å². The van der Waals surface area contributed by atoms with E-state index in [1.54, 1.807) is 4.57 Å². The first-order valence-corrected chi connectivity index (χ1v) is 6.47. The smallest absolute Gasteiger partial charge is 0.206 e. The zero-order valence-corrected chi connectivity index (χ0v) is 12.2. The van der Waals surface area contributed by atoms with Gasteiger partial charge in [0.25, 0.3) is 0 Å². The lowest BCUT2D eigenvalue weighted by atomic mass is 10.2. The molecule has 6 nitrogen and oxygen atoms in total. The van der Waals surface area contributed by atoms with Gasteiger partial charge in [-0.2, -0.15) is 5.10 Å². The van der Waals surface area contributed by atoms with E-state index in [0.717, 1.165) is 11.3 Å². The van der Waals surface area contributed by atoms with E-state index in [4.69, 9.17) is 23.1 Å². The summed E-state index contributed by atoms with van der Waals surface area (Å²) in [6, 6.07) is 7.78. The Bertz CT molecular complexity index is 661. The van der Waals surface area contributed by atoms with Crippen LogP contribution in [-0.4, -0.2) is 20.9 Å². The Morgan fingerprint density at radius 1 is 1.45 bits per heavy atom. The molecule has 0 bridgehead atoms. The fourth-order valence-electron chi connectivity index (χ4n) is 1.66. The number of nitrogens with zero attached hydrogens (tertiary/aromatic N) is 3. The second-order valence-electron chi connectivity index (χ2n) is 4.05. The van der Waals surface area contributed by atoms with Crippen molar-refractivity contribution < 1.29 is 0 Å². The topological polar surface area (TPSA) is 94.2 Å². The number of hydrogen-bond acceptors (Lipinski definition) is 4. The maximum atomic E-state index is 6.05. The molecule has 5 N–H and O–H groups in total. The number of nitrogen functional groups attached to an aromatic ring is 1. The van der Waals surface area contributed by atoms with Crippen molar-refractivity contribution in [3.63, 3.8) is 0 Å². The highest BCUT2D eigenvalue weighted by Gasteiger charge is 2.13. The van der Waals surface area contributed by atoms with Gasteiger partial charge in [-0.15, -0.1) is 0 Å². The van der Waals surface area contributed by atoms with Gasteiger partial charge in [0.15, 0.2) is 10.3 Å². The zero-order chi connectivity index (χ0) is 14.7. The summed E-state index contributed by atoms with van der Waals surface area (Å²) in [5.74, 6) is 0.274. The molecule has 8 heteroatoms. The number of aryl methyl sites for hydroxylation is 1. The molecule has 104 valence electrons. The zero-order valence-electron chi connectivity index (χ0n) is 10.7. The molecule has 0 aliphatic rings. The summed E-state index contributed by atoms with van der Waals surface area (Å²) in [6.45, 7) is 2.00. The number of benzene rings is 1. The molecule has 2 rings (SSSR count). The molecular formula is C12H13ClN6S. The number of aromatic nitrogens is 2. The lowest BCUT2D eigenvalue weighted by Gasteiger charge is -2.07. The molecule has 0 fully saturated rings. The Kier molecular flexibility index (Phi) is 4.21. The van der Waals surface area contributed by atoms with Crippen molar-refractivity contribution in [1.82, 2.24) is 15.0 Å². The van der Waals surface area contributed by atoms with E-state index in [0.29, 0.717) is 5.69 Å². The molecule has 2 aromatic rings. The number of imidazole rings is 1. The Hall–Kier alpha value is -2.12. The number of nitrogens with one attached hydrogen (secondary N) is 1. The van der Waals surface area contributed by atoms with Gasteiger partial charge in [0, 0.05) is 5.69 Å². The first-order chi connectivity index (χ1) is 9.49. The molecule has 1 aromatic heterocycles. The van der Waals surface area contributed by atoms with Crippen LogP contribution in [0, 0.1) is 6.92 Å². The second kappa shape index (κ2) is 5.89. The predicted molar refractivity (Wildman–Crippen MR) is 85.2 cm³/mol. The van der Waals surface area contributed by atoms with E-state index in [1.165, 1.54) is 6.21 Å². The summed E-state index contributed by atoms with van der Waals surface area (Å²) >= 11 is 10.7. The number of hydrogen-bond donors (Lipinski definition) is 3. The van der Waals surface area contributed by atoms with Crippen LogP contribution in [0.15, 0.2) is 29.4 Å². The molecule has 0 spiro atoms. The fraction of sp³-hybridized carbons (Fsp3) is 0.0833. The Balaban J connectivity index is 2.44. The van der Waals surface area contributed by atoms with Crippen LogP contribution in [0.4, 0.5) is 5.95 Å². The van der Waals surface area contributed by atoms with Crippen LogP contribution < -0.4 is 16.9 Å². The van der Waals surface area contributed by atoms with Crippen LogP contribution in [0.1, 0.15) is 11.3 Å². The highest BCUT2D eigenvalue weighted by Crippen LogP contribution is 2.22. The minimum atomic E-state index is 0.0618. The Morgan fingerprint density at radius 3 is 2.70 bits per heavy atom. The molecule has 0 aliphatic heterocycles. The van der Waals surface area contributed by atoms with Crippen LogP contribution in [0.3, 0.4) is 0 Å². The van der Waals surface area contributed by atoms with Crippen molar-refractivity contribution in [2.24, 2.45) is 10.8 Å². The van der Waals surface area contributed by atoms with E-state index < -0.39 is 0 Å². The van der Waals surface area contributed by atoms with E-state index in [9.17, 15) is 0 Å². The monoisotopic (exact) mass is 308 g/mol. The number of halogens is 1. The Labute approximate surface area is 126 Å². The quantitative estimate of drug-likeness (QED) is 0.455. The minimum Gasteiger partial charge on any atom is -0.375 e. The summed E-state index contributed by atoms with van der Waals surface area (Å²) in [7, 11) is 0. The summed E-state index contributed by atoms with van der Waals surface area (Å²) in [6.07, 6.45) is 1.46. The van der Waals surface area contributed by atoms with E-state index >= 15 is 0 Å². The predicted octanol–water partition coefficient (Wildman–Crippen LogP) is 1.58. The van der Waals surface area contributed by atoms with Gasteiger partial charge in [-0.3, -0.25) is 9.99 Å². The van der Waals surface area contributed by atoms with Crippen LogP contribution >= 0.6 is 23.8 Å². The van der Waals surface area contributed by atoms with Crippen molar-refractivity contribution >= 4 is 41.1 Å². The van der Waals surface area contributed by atoms with Crippen molar-refractivity contribution in [1.29, 1.82) is 0 Å². The minimum absolute atomic E-state index is 0.0618. The SMILES string of the molecule is Cc1ccc(-n2c(N)nc(Cl)c2/C=N/NC(N)=S)cc1. The molecule has 0 radical (unpaired) electrons. The van der Waals surface area contributed by atoms with Gasteiger partial charge in [0.1, 0.15) is 5.69 Å². The molecular weight excluding hydrogens is 296 g/mol. The van der Waals surface area contributed by atoms with Gasteiger partial charge >= 0.3 is 0 Å². The van der Waals surface area contributed by atoms with Crippen LogP contribution in [0.25, 0.3) is 5.69 Å². The molecule has 0 saturated heterocycles. The van der Waals surface area contributed by atoms with Gasteiger partial charge in [0.05, 0.1) is 6.21 Å². The molecule has 0 amide bonds. The summed E-state index contributed by atoms with van der Waals surface area (Å²) in [5.41, 5.74) is 16.1. The molecule has 20 heavy (non-hydrogen) atoms. The third kappa shape index (κ3) is 3.06. The van der Waals surface area contributed by atoms with Crippen LogP contribution in [0.5, 0.6) is 0 Å². The number of thiocarbonyl (C=S) groups is 1. The maximum absolute atomic E-state index is 6.05. The number of rotatable bonds is 3. The highest BCUT2D eigenvalue weighted by atomic mass is 35.5. The second-order valence-corrected chi connectivity index (χ2v) is 4.85. The molecule has 0 saturated carbocycles. The van der Waals surface area contributed by atoms with Crippen LogP contribution in [0.2, 0.25) is 5.15 Å². The summed E-state index contributed by atoms with van der Waals surface area (Å²) in [5, 5.41) is 4.19. The molecule has 0 aliphatic carbocycles. The van der Waals surface area contributed by atoms with Crippen molar-refractivity contribution in [2.45, 2.75) is 6.92 Å². The molecule has 1 heterocycles. The molecule has 1 aromatic carbocycles. The average molecular weight is 309 g/mol. The highest BCUT2D eigenvalue weighted by molar-refractivity contribution is 7.80. The summed E-state index contributed by atoms with van der Waals surface area (Å²) < 4.78 is 1.69. The van der Waals surface area contributed by atoms with Crippen molar-refractivity contribution in [3.8, 4) is 5.69 Å².